The second-order valence-corrected chi connectivity index (χ2v) is 24.6. The number of rotatable bonds is 4. The first-order chi connectivity index (χ1) is 38.1. The van der Waals surface area contributed by atoms with Gasteiger partial charge in [-0.2, -0.15) is 50.1 Å². The summed E-state index contributed by atoms with van der Waals surface area (Å²) < 4.78 is 31.5. The number of nitriles is 1. The number of halogens is 3. The van der Waals surface area contributed by atoms with Crippen molar-refractivity contribution in [2.45, 2.75) is 101 Å². The van der Waals surface area contributed by atoms with Crippen molar-refractivity contribution < 1.29 is 56.1 Å². The molecule has 0 aliphatic carbocycles. The van der Waals surface area contributed by atoms with Crippen molar-refractivity contribution >= 4 is 59.2 Å². The molecule has 0 saturated heterocycles. The SMILES string of the molecule is CC#N.CN1CCN(C)Cc2cc(C(C)(C)C)cc(c2[S-])CN(C)CCN(C)CCN(C)Cc2cc(C(C)(C)C)cc(c2[S-])CN(C)CC1.O=C([O-])C(F)(F)F.[Ni+2].[Ni+2].c1ccc([B-](c2ccccc2)(c2ccccc2)c2ccccc2)cc1. The molecule has 0 atom stereocenters. The molecule has 0 amide bonds. The van der Waals surface area contributed by atoms with Crippen molar-refractivity contribution in [2.75, 3.05) is 94.6 Å². The Bertz CT molecular complexity index is 2560. The fourth-order valence-corrected chi connectivity index (χ4v) is 10.5. The van der Waals surface area contributed by atoms with Crippen LogP contribution in [0.3, 0.4) is 0 Å². The van der Waals surface area contributed by atoms with Gasteiger partial charge in [-0.15, -0.1) is 0 Å². The number of carbonyl (C=O) groups is 1. The minimum absolute atomic E-state index is 0. The summed E-state index contributed by atoms with van der Waals surface area (Å²) in [5.74, 6) is -3.01. The second kappa shape index (κ2) is 35.1. The van der Waals surface area contributed by atoms with Gasteiger partial charge in [0.1, 0.15) is 12.1 Å². The molecule has 0 spiro atoms. The van der Waals surface area contributed by atoms with Gasteiger partial charge in [0.05, 0.1) is 6.07 Å². The van der Waals surface area contributed by atoms with Crippen LogP contribution < -0.4 is 27.0 Å². The van der Waals surface area contributed by atoms with E-state index in [1.165, 1.54) is 62.2 Å². The van der Waals surface area contributed by atoms with Gasteiger partial charge in [0.25, 0.3) is 0 Å². The third-order valence-corrected chi connectivity index (χ3v) is 15.9. The number of carboxylic acids is 1. The number of carbonyl (C=O) groups excluding carboxylic acids is 1. The first-order valence-corrected chi connectivity index (χ1v) is 28.7. The summed E-state index contributed by atoms with van der Waals surface area (Å²) >= 11 is 12.3. The van der Waals surface area contributed by atoms with Crippen LogP contribution in [-0.2, 0) is 100 Å². The van der Waals surface area contributed by atoms with Gasteiger partial charge in [0.2, 0.25) is 0 Å². The van der Waals surface area contributed by atoms with Gasteiger partial charge in [0.15, 0.2) is 0 Å². The Hall–Kier alpha value is -4.68. The number of likely N-dealkylation sites (N-methyl/N-ethyl adjacent to an activating group) is 6. The van der Waals surface area contributed by atoms with E-state index in [1.807, 2.05) is 0 Å². The largest absolute Gasteiger partial charge is 2.00 e. The van der Waals surface area contributed by atoms with Crippen LogP contribution >= 0.6 is 0 Å². The van der Waals surface area contributed by atoms with Crippen molar-refractivity contribution in [1.29, 1.82) is 5.26 Å². The summed E-state index contributed by atoms with van der Waals surface area (Å²) in [6, 6.07) is 54.7. The standard InChI is InChI=1S/C38H66N6S2.C24H20B.C2HF3O2.C2H3N.2Ni/c1-37(2,3)33-21-29-25-41(9)17-13-39(7)15-19-43(11)27-31-23-34(38(4,5)6)24-32(36(31)46)28-44(12)20-16-40(8)14-18-42(10)26-30(22-33)35(29)45;1-5-13-21(14-6-1)25(22-15-7-2-8-16-22,23-17-9-3-10-18-23)24-19-11-4-12-20-24;3-2(4,5)1(6)7;1-2-3;;/h21-24,45-46H,13-20,25-28H2,1-12H3;1-20H;(H,6,7);1H3;;/q;-1;;;2*+2/p-3. The summed E-state index contributed by atoms with van der Waals surface area (Å²) in [6.45, 7) is 26.8. The quantitative estimate of drug-likeness (QED) is 0.126. The molecule has 6 aromatic carbocycles. The van der Waals surface area contributed by atoms with Crippen LogP contribution in [0.5, 0.6) is 0 Å². The maximum atomic E-state index is 10.5. The summed E-state index contributed by atoms with van der Waals surface area (Å²) in [5.41, 5.74) is 13.4. The first kappa shape index (κ1) is 74.4. The molecule has 4 bridgehead atoms. The number of fused-ring (bicyclic) bond motifs is 4. The fraction of sp³-hybridized carbons (Fsp3) is 0.424. The molecule has 0 N–H and O–H groups in total. The van der Waals surface area contributed by atoms with Crippen molar-refractivity contribution in [3.8, 4) is 6.07 Å². The predicted molar refractivity (Wildman–Crippen MR) is 334 cm³/mol. The van der Waals surface area contributed by atoms with Gasteiger partial charge < -0.3 is 64.6 Å². The molecule has 1 aliphatic rings. The van der Waals surface area contributed by atoms with Crippen LogP contribution in [0.25, 0.3) is 0 Å². The van der Waals surface area contributed by atoms with E-state index in [4.69, 9.17) is 40.4 Å². The molecule has 454 valence electrons. The van der Waals surface area contributed by atoms with Gasteiger partial charge in [-0.05, 0) is 64.2 Å². The van der Waals surface area contributed by atoms with Crippen LogP contribution in [0.4, 0.5) is 13.2 Å². The molecular weight excluding hydrogens is 1170 g/mol. The Morgan fingerprint density at radius 1 is 0.458 bits per heavy atom. The van der Waals surface area contributed by atoms with Crippen molar-refractivity contribution in [3.63, 3.8) is 0 Å². The van der Waals surface area contributed by atoms with Crippen molar-refractivity contribution in [3.05, 3.63) is 179 Å². The molecule has 0 saturated carbocycles. The number of alkyl halides is 3. The minimum Gasteiger partial charge on any atom is -0.779 e. The number of aliphatic carboxylic acids is 1. The zero-order valence-corrected chi connectivity index (χ0v) is 54.6. The van der Waals surface area contributed by atoms with E-state index in [1.54, 1.807) is 6.07 Å². The molecule has 83 heavy (non-hydrogen) atoms. The summed E-state index contributed by atoms with van der Waals surface area (Å²) in [5, 5.41) is 16.1. The van der Waals surface area contributed by atoms with E-state index in [0.717, 1.165) is 88.3 Å². The van der Waals surface area contributed by atoms with E-state index in [9.17, 15) is 13.2 Å². The van der Waals surface area contributed by atoms with Crippen LogP contribution in [0.1, 0.15) is 81.8 Å². The Kier molecular flexibility index (Phi) is 31.4. The van der Waals surface area contributed by atoms with E-state index in [-0.39, 0.29) is 43.8 Å². The van der Waals surface area contributed by atoms with E-state index < -0.39 is 18.3 Å². The van der Waals surface area contributed by atoms with E-state index >= 15 is 0 Å². The Morgan fingerprint density at radius 3 is 0.807 bits per heavy atom. The molecule has 6 aromatic rings. The maximum Gasteiger partial charge on any atom is 2.00 e. The Labute approximate surface area is 527 Å². The third-order valence-electron chi connectivity index (χ3n) is 14.9. The second-order valence-electron chi connectivity index (χ2n) is 23.8. The molecule has 9 nitrogen and oxygen atoms in total. The number of benzene rings is 6. The average Bonchev–Trinajstić information content (AvgIpc) is 3.59. The topological polar surface area (TPSA) is 83.4 Å². The molecule has 1 aliphatic heterocycles. The maximum absolute atomic E-state index is 10.5. The molecular formula is C66H87BF3N7Ni2O2S2. The molecule has 0 fully saturated rings. The summed E-state index contributed by atoms with van der Waals surface area (Å²) in [6.07, 6.45) is -6.41. The first-order valence-electron chi connectivity index (χ1n) is 27.9. The van der Waals surface area contributed by atoms with Gasteiger partial charge in [-0.1, -0.05) is 209 Å². The number of carboxylic acid groups (broad SMARTS) is 1. The summed E-state index contributed by atoms with van der Waals surface area (Å²) in [7, 11) is 13.4. The Balaban J connectivity index is 0.000000528. The molecule has 7 rings (SSSR count). The third kappa shape index (κ3) is 23.3. The predicted octanol–water partition coefficient (Wildman–Crippen LogP) is 8.29. The van der Waals surface area contributed by atoms with Crippen LogP contribution in [0.15, 0.2) is 155 Å². The van der Waals surface area contributed by atoms with Gasteiger partial charge in [-0.25, -0.2) is 0 Å². The van der Waals surface area contributed by atoms with E-state index in [0.29, 0.717) is 0 Å². The van der Waals surface area contributed by atoms with E-state index in [2.05, 4.69) is 259 Å². The molecule has 0 unspecified atom stereocenters. The van der Waals surface area contributed by atoms with Gasteiger partial charge in [0, 0.05) is 85.5 Å². The molecule has 0 radical (unpaired) electrons. The zero-order valence-electron chi connectivity index (χ0n) is 50.9. The van der Waals surface area contributed by atoms with Crippen LogP contribution in [0, 0.1) is 11.3 Å². The zero-order chi connectivity index (χ0) is 60.1. The van der Waals surface area contributed by atoms with Gasteiger partial charge in [-0.3, -0.25) is 0 Å². The van der Waals surface area contributed by atoms with Crippen LogP contribution in [-0.4, -0.2) is 142 Å². The smallest absolute Gasteiger partial charge is 0.779 e. The molecule has 17 heteroatoms. The van der Waals surface area contributed by atoms with Crippen molar-refractivity contribution in [1.82, 2.24) is 29.4 Å². The molecule has 0 aromatic heterocycles. The monoisotopic (exact) mass is 1260 g/mol. The van der Waals surface area contributed by atoms with Crippen molar-refractivity contribution in [2.24, 2.45) is 0 Å². The minimum atomic E-state index is -5.19. The fourth-order valence-electron chi connectivity index (χ4n) is 10.0. The number of nitrogens with zero attached hydrogens (tertiary/aromatic N) is 7. The number of hydrogen-bond acceptors (Lipinski definition) is 11. The summed E-state index contributed by atoms with van der Waals surface area (Å²) in [4.78, 5) is 25.5. The number of hydrogen-bond donors (Lipinski definition) is 0. The molecule has 1 heterocycles. The van der Waals surface area contributed by atoms with Crippen LogP contribution in [0.2, 0.25) is 0 Å². The normalized spacial score (nSPS) is 15.6. The van der Waals surface area contributed by atoms with Gasteiger partial charge >= 0.3 is 39.2 Å². The Morgan fingerprint density at radius 2 is 0.639 bits per heavy atom. The average molecular weight is 1260 g/mol.